The van der Waals surface area contributed by atoms with E-state index in [9.17, 15) is 28.9 Å². The molecule has 0 spiro atoms. The van der Waals surface area contributed by atoms with Gasteiger partial charge in [-0.2, -0.15) is 0 Å². The van der Waals surface area contributed by atoms with Crippen LogP contribution in [0.4, 0.5) is 0 Å². The molecule has 68 heavy (non-hydrogen) atoms. The molecule has 12 heteroatoms. The number of phosphoric acid groups is 1. The Kier molecular flexibility index (Phi) is 49.8. The van der Waals surface area contributed by atoms with Crippen molar-refractivity contribution in [3.63, 3.8) is 0 Å². The number of rotatable bonds is 53. The highest BCUT2D eigenvalue weighted by Gasteiger charge is 2.28. The molecular formula is C56H105O11P. The highest BCUT2D eigenvalue weighted by atomic mass is 31.2. The Labute approximate surface area is 417 Å². The summed E-state index contributed by atoms with van der Waals surface area (Å²) in [5, 5.41) is 9.78. The molecule has 0 fully saturated rings. The van der Waals surface area contributed by atoms with Crippen LogP contribution in [0.15, 0.2) is 24.3 Å². The summed E-state index contributed by atoms with van der Waals surface area (Å²) in [5.41, 5.74) is 0. The molecule has 0 saturated carbocycles. The maximum Gasteiger partial charge on any atom is 0.472 e. The SMILES string of the molecule is CCCCC/C=C\C/C=C\CCCCCCCC(=O)OC(COC(=O)CCCCCCCCCCCCCCCCC)COP(=O)(O)OCC(CO)OC(=O)CCCCCCCCCCCCC. The normalized spacial score (nSPS) is 13.5. The molecule has 0 aromatic heterocycles. The van der Waals surface area contributed by atoms with Crippen molar-refractivity contribution in [2.45, 2.75) is 290 Å². The maximum atomic E-state index is 12.9. The fraction of sp³-hybridized carbons (Fsp3) is 0.875. The second kappa shape index (κ2) is 51.3. The molecule has 0 aliphatic heterocycles. The zero-order valence-electron chi connectivity index (χ0n) is 44.1. The fourth-order valence-corrected chi connectivity index (χ4v) is 8.82. The monoisotopic (exact) mass is 985 g/mol. The van der Waals surface area contributed by atoms with Crippen LogP contribution in [-0.2, 0) is 42.2 Å². The van der Waals surface area contributed by atoms with Gasteiger partial charge in [0.05, 0.1) is 19.8 Å². The number of hydrogen-bond donors (Lipinski definition) is 2. The first-order valence-corrected chi connectivity index (χ1v) is 29.7. The van der Waals surface area contributed by atoms with Crippen molar-refractivity contribution in [1.29, 1.82) is 0 Å². The summed E-state index contributed by atoms with van der Waals surface area (Å²) in [6.45, 7) is 4.63. The van der Waals surface area contributed by atoms with Gasteiger partial charge in [-0.25, -0.2) is 4.57 Å². The van der Waals surface area contributed by atoms with Crippen LogP contribution < -0.4 is 0 Å². The topological polar surface area (TPSA) is 155 Å². The Morgan fingerprint density at radius 3 is 1.12 bits per heavy atom. The largest absolute Gasteiger partial charge is 0.472 e. The summed E-state index contributed by atoms with van der Waals surface area (Å²) in [6.07, 6.45) is 49.9. The number of allylic oxidation sites excluding steroid dienone is 4. The minimum Gasteiger partial charge on any atom is -0.462 e. The second-order valence-corrected chi connectivity index (χ2v) is 20.6. The summed E-state index contributed by atoms with van der Waals surface area (Å²) < 4.78 is 39.4. The predicted octanol–water partition coefficient (Wildman–Crippen LogP) is 16.3. The van der Waals surface area contributed by atoms with E-state index in [-0.39, 0.29) is 25.9 Å². The van der Waals surface area contributed by atoms with Crippen LogP contribution >= 0.6 is 7.82 Å². The molecule has 0 heterocycles. The highest BCUT2D eigenvalue weighted by Crippen LogP contribution is 2.43. The van der Waals surface area contributed by atoms with E-state index in [1.54, 1.807) is 0 Å². The van der Waals surface area contributed by atoms with Gasteiger partial charge < -0.3 is 24.2 Å². The number of unbranched alkanes of at least 4 members (excludes halogenated alkanes) is 32. The van der Waals surface area contributed by atoms with Gasteiger partial charge in [0.25, 0.3) is 0 Å². The molecule has 0 rings (SSSR count). The van der Waals surface area contributed by atoms with Crippen LogP contribution in [-0.4, -0.2) is 66.5 Å². The van der Waals surface area contributed by atoms with Crippen molar-refractivity contribution >= 4 is 25.7 Å². The summed E-state index contributed by atoms with van der Waals surface area (Å²) in [6, 6.07) is 0. The standard InChI is InChI=1S/C56H105O11P/c1-4-7-10-13-16-19-22-24-26-28-31-33-36-39-42-45-54(58)63-49-53(67-56(60)47-44-41-38-35-32-29-27-25-23-20-17-14-11-8-5-2)51-65-68(61,62)64-50-52(48-57)66-55(59)46-43-40-37-34-30-21-18-15-12-9-6-3/h17,20,25,27,52-53,57H,4-16,18-19,21-24,26,28-51H2,1-3H3,(H,61,62)/b20-17-,27-25-. The Morgan fingerprint density at radius 1 is 0.412 bits per heavy atom. The minimum atomic E-state index is -4.74. The number of phosphoric ester groups is 1. The lowest BCUT2D eigenvalue weighted by Gasteiger charge is -2.21. The van der Waals surface area contributed by atoms with Gasteiger partial charge in [0.1, 0.15) is 12.7 Å². The molecule has 0 saturated heterocycles. The molecule has 0 aromatic carbocycles. The van der Waals surface area contributed by atoms with E-state index in [0.29, 0.717) is 19.3 Å². The molecule has 400 valence electrons. The van der Waals surface area contributed by atoms with Gasteiger partial charge >= 0.3 is 25.7 Å². The Hall–Kier alpha value is -2.04. The van der Waals surface area contributed by atoms with Gasteiger partial charge in [0.15, 0.2) is 6.10 Å². The number of carbonyl (C=O) groups excluding carboxylic acids is 3. The van der Waals surface area contributed by atoms with Crippen LogP contribution in [0, 0.1) is 0 Å². The van der Waals surface area contributed by atoms with Crippen LogP contribution in [0.5, 0.6) is 0 Å². The van der Waals surface area contributed by atoms with E-state index in [1.807, 2.05) is 0 Å². The molecule has 11 nitrogen and oxygen atoms in total. The number of aliphatic hydroxyl groups is 1. The Bertz CT molecular complexity index is 1240. The Balaban J connectivity index is 4.72. The highest BCUT2D eigenvalue weighted by molar-refractivity contribution is 7.47. The summed E-state index contributed by atoms with van der Waals surface area (Å²) in [5.74, 6) is -1.46. The van der Waals surface area contributed by atoms with E-state index in [1.165, 1.54) is 135 Å². The number of esters is 3. The fourth-order valence-electron chi connectivity index (χ4n) is 8.03. The average molecular weight is 985 g/mol. The van der Waals surface area contributed by atoms with E-state index in [2.05, 4.69) is 45.1 Å². The number of carbonyl (C=O) groups is 3. The van der Waals surface area contributed by atoms with Crippen LogP contribution in [0.25, 0.3) is 0 Å². The van der Waals surface area contributed by atoms with E-state index < -0.39 is 57.8 Å². The lowest BCUT2D eigenvalue weighted by molar-refractivity contribution is -0.161. The van der Waals surface area contributed by atoms with Gasteiger partial charge in [-0.1, -0.05) is 231 Å². The van der Waals surface area contributed by atoms with Gasteiger partial charge in [0, 0.05) is 19.3 Å². The van der Waals surface area contributed by atoms with Crippen molar-refractivity contribution in [2.75, 3.05) is 26.4 Å². The molecule has 2 N–H and O–H groups in total. The zero-order valence-corrected chi connectivity index (χ0v) is 45.0. The van der Waals surface area contributed by atoms with Crippen molar-refractivity contribution in [3.8, 4) is 0 Å². The van der Waals surface area contributed by atoms with Crippen molar-refractivity contribution in [3.05, 3.63) is 24.3 Å². The molecule has 0 radical (unpaired) electrons. The Morgan fingerprint density at radius 2 is 0.721 bits per heavy atom. The quantitative estimate of drug-likeness (QED) is 0.0197. The average Bonchev–Trinajstić information content (AvgIpc) is 3.32. The number of aliphatic hydroxyl groups excluding tert-OH is 1. The smallest absolute Gasteiger partial charge is 0.462 e. The lowest BCUT2D eigenvalue weighted by Crippen LogP contribution is -2.30. The molecule has 0 aliphatic carbocycles. The van der Waals surface area contributed by atoms with Crippen LogP contribution in [0.1, 0.15) is 278 Å². The molecule has 0 bridgehead atoms. The van der Waals surface area contributed by atoms with E-state index >= 15 is 0 Å². The maximum absolute atomic E-state index is 12.9. The number of hydrogen-bond acceptors (Lipinski definition) is 10. The minimum absolute atomic E-state index is 0.157. The van der Waals surface area contributed by atoms with Gasteiger partial charge in [-0.15, -0.1) is 0 Å². The summed E-state index contributed by atoms with van der Waals surface area (Å²) in [7, 11) is -4.74. The molecule has 3 atom stereocenters. The predicted molar refractivity (Wildman–Crippen MR) is 280 cm³/mol. The van der Waals surface area contributed by atoms with Crippen molar-refractivity contribution < 1.29 is 52.2 Å². The van der Waals surface area contributed by atoms with E-state index in [4.69, 9.17) is 23.3 Å². The molecule has 0 amide bonds. The summed E-state index contributed by atoms with van der Waals surface area (Å²) >= 11 is 0. The summed E-state index contributed by atoms with van der Waals surface area (Å²) in [4.78, 5) is 48.4. The molecular weight excluding hydrogens is 880 g/mol. The van der Waals surface area contributed by atoms with E-state index in [0.717, 1.165) is 83.5 Å². The first kappa shape index (κ1) is 66.0. The first-order chi connectivity index (χ1) is 33.2. The molecule has 3 unspecified atom stereocenters. The third kappa shape index (κ3) is 49.0. The lowest BCUT2D eigenvalue weighted by atomic mass is 10.0. The molecule has 0 aromatic rings. The third-order valence-electron chi connectivity index (χ3n) is 12.4. The second-order valence-electron chi connectivity index (χ2n) is 19.1. The van der Waals surface area contributed by atoms with Crippen LogP contribution in [0.2, 0.25) is 0 Å². The van der Waals surface area contributed by atoms with Crippen molar-refractivity contribution in [2.24, 2.45) is 0 Å². The molecule has 0 aliphatic rings. The zero-order chi connectivity index (χ0) is 49.9. The van der Waals surface area contributed by atoms with Gasteiger partial charge in [0.2, 0.25) is 0 Å². The third-order valence-corrected chi connectivity index (χ3v) is 13.3. The number of ether oxygens (including phenoxy) is 3. The van der Waals surface area contributed by atoms with Gasteiger partial charge in [-0.05, 0) is 51.4 Å². The van der Waals surface area contributed by atoms with Gasteiger partial charge in [-0.3, -0.25) is 23.4 Å². The van der Waals surface area contributed by atoms with Crippen molar-refractivity contribution in [1.82, 2.24) is 0 Å². The first-order valence-electron chi connectivity index (χ1n) is 28.2. The van der Waals surface area contributed by atoms with Crippen LogP contribution in [0.3, 0.4) is 0 Å².